The van der Waals surface area contributed by atoms with E-state index >= 15 is 0 Å². The van der Waals surface area contributed by atoms with Crippen molar-refractivity contribution in [3.8, 4) is 11.4 Å². The lowest BCUT2D eigenvalue weighted by Gasteiger charge is -2.11. The van der Waals surface area contributed by atoms with E-state index in [-0.39, 0.29) is 6.23 Å². The summed E-state index contributed by atoms with van der Waals surface area (Å²) in [6.07, 6.45) is 1.87. The molecule has 1 heterocycles. The van der Waals surface area contributed by atoms with Gasteiger partial charge in [0, 0.05) is 12.7 Å². The fourth-order valence-electron chi connectivity index (χ4n) is 1.86. The standard InChI is InChI=1S/C14H20N4O2S/c1-4-5-9-20-11(2)17-14(21)18(16-15-17)12-7-6-8-13(10-12)19-3/h6-8,10-11H,4-5,9H2,1-3H3. The van der Waals surface area contributed by atoms with Crippen LogP contribution in [-0.2, 0) is 4.74 Å². The SMILES string of the molecule is CCCCOC(C)n1nnn(-c2cccc(OC)c2)c1=S. The summed E-state index contributed by atoms with van der Waals surface area (Å²) in [5.41, 5.74) is 0.811. The highest BCUT2D eigenvalue weighted by atomic mass is 32.1. The summed E-state index contributed by atoms with van der Waals surface area (Å²) >= 11 is 5.42. The number of hydrogen-bond acceptors (Lipinski definition) is 5. The molecular weight excluding hydrogens is 288 g/mol. The average molecular weight is 308 g/mol. The smallest absolute Gasteiger partial charge is 0.223 e. The Morgan fingerprint density at radius 2 is 2.14 bits per heavy atom. The lowest BCUT2D eigenvalue weighted by Crippen LogP contribution is -2.12. The Hall–Kier alpha value is -1.73. The summed E-state index contributed by atoms with van der Waals surface area (Å²) in [5, 5.41) is 8.19. The molecular formula is C14H20N4O2S. The Kier molecular flexibility index (Phi) is 5.46. The van der Waals surface area contributed by atoms with Gasteiger partial charge in [-0.2, -0.15) is 9.36 Å². The van der Waals surface area contributed by atoms with Gasteiger partial charge in [-0.3, -0.25) is 0 Å². The highest BCUT2D eigenvalue weighted by Crippen LogP contribution is 2.17. The molecule has 2 aromatic rings. The van der Waals surface area contributed by atoms with Crippen LogP contribution in [0.4, 0.5) is 0 Å². The zero-order valence-corrected chi connectivity index (χ0v) is 13.3. The van der Waals surface area contributed by atoms with Gasteiger partial charge >= 0.3 is 0 Å². The van der Waals surface area contributed by atoms with Crippen molar-refractivity contribution in [1.29, 1.82) is 0 Å². The summed E-state index contributed by atoms with van der Waals surface area (Å²) in [6.45, 7) is 4.72. The Balaban J connectivity index is 2.21. The molecule has 0 amide bonds. The maximum Gasteiger partial charge on any atom is 0.223 e. The van der Waals surface area contributed by atoms with E-state index in [1.54, 1.807) is 16.5 Å². The molecule has 0 aliphatic carbocycles. The minimum Gasteiger partial charge on any atom is -0.497 e. The van der Waals surface area contributed by atoms with Crippen LogP contribution in [0.3, 0.4) is 0 Å². The number of benzene rings is 1. The molecule has 0 aliphatic rings. The van der Waals surface area contributed by atoms with Crippen LogP contribution in [0.5, 0.6) is 5.75 Å². The molecule has 0 spiro atoms. The van der Waals surface area contributed by atoms with Crippen molar-refractivity contribution in [2.45, 2.75) is 32.9 Å². The van der Waals surface area contributed by atoms with Crippen LogP contribution in [-0.4, -0.2) is 33.5 Å². The van der Waals surface area contributed by atoms with E-state index in [0.29, 0.717) is 11.4 Å². The third kappa shape index (κ3) is 3.68. The molecule has 0 aliphatic heterocycles. The number of ether oxygens (including phenoxy) is 2. The van der Waals surface area contributed by atoms with Crippen LogP contribution in [0.1, 0.15) is 32.9 Å². The topological polar surface area (TPSA) is 54.1 Å². The summed E-state index contributed by atoms with van der Waals surface area (Å²) in [4.78, 5) is 0. The molecule has 1 atom stereocenters. The van der Waals surface area contributed by atoms with Crippen molar-refractivity contribution >= 4 is 12.2 Å². The highest BCUT2D eigenvalue weighted by molar-refractivity contribution is 7.71. The molecule has 0 radical (unpaired) electrons. The van der Waals surface area contributed by atoms with Crippen LogP contribution >= 0.6 is 12.2 Å². The average Bonchev–Trinajstić information content (AvgIpc) is 2.89. The molecule has 1 aromatic carbocycles. The zero-order chi connectivity index (χ0) is 15.2. The lowest BCUT2D eigenvalue weighted by molar-refractivity contribution is 0.00413. The van der Waals surface area contributed by atoms with Gasteiger partial charge in [0.2, 0.25) is 4.77 Å². The summed E-state index contributed by atoms with van der Waals surface area (Å²) in [6, 6.07) is 7.52. The van der Waals surface area contributed by atoms with E-state index in [2.05, 4.69) is 17.4 Å². The van der Waals surface area contributed by atoms with Gasteiger partial charge in [-0.25, -0.2) is 0 Å². The summed E-state index contributed by atoms with van der Waals surface area (Å²) in [7, 11) is 1.62. The van der Waals surface area contributed by atoms with Crippen molar-refractivity contribution in [1.82, 2.24) is 19.8 Å². The van der Waals surface area contributed by atoms with E-state index in [1.165, 1.54) is 0 Å². The van der Waals surface area contributed by atoms with Crippen molar-refractivity contribution < 1.29 is 9.47 Å². The molecule has 1 unspecified atom stereocenters. The van der Waals surface area contributed by atoms with Gasteiger partial charge in [0.25, 0.3) is 0 Å². The van der Waals surface area contributed by atoms with Crippen LogP contribution in [0.2, 0.25) is 0 Å². The maximum absolute atomic E-state index is 5.70. The van der Waals surface area contributed by atoms with E-state index < -0.39 is 0 Å². The second-order valence-electron chi connectivity index (χ2n) is 4.64. The molecule has 1 aromatic heterocycles. The number of unbranched alkanes of at least 4 members (excludes halogenated alkanes) is 1. The second kappa shape index (κ2) is 7.33. The highest BCUT2D eigenvalue weighted by Gasteiger charge is 2.12. The number of rotatable bonds is 7. The summed E-state index contributed by atoms with van der Waals surface area (Å²) in [5.74, 6) is 0.746. The van der Waals surface area contributed by atoms with E-state index in [9.17, 15) is 0 Å². The molecule has 0 fully saturated rings. The predicted octanol–water partition coefficient (Wildman–Crippen LogP) is 3.14. The Bertz CT molecular complexity index is 638. The minimum atomic E-state index is -0.233. The van der Waals surface area contributed by atoms with Crippen LogP contribution in [0.25, 0.3) is 5.69 Å². The molecule has 114 valence electrons. The van der Waals surface area contributed by atoms with Crippen LogP contribution < -0.4 is 4.74 Å². The van der Waals surface area contributed by atoms with Gasteiger partial charge in [-0.15, -0.1) is 0 Å². The maximum atomic E-state index is 5.70. The van der Waals surface area contributed by atoms with Crippen LogP contribution in [0.15, 0.2) is 24.3 Å². The lowest BCUT2D eigenvalue weighted by atomic mass is 10.3. The number of nitrogens with zero attached hydrogens (tertiary/aromatic N) is 4. The first-order valence-electron chi connectivity index (χ1n) is 6.98. The first kappa shape index (κ1) is 15.7. The molecule has 0 saturated heterocycles. The van der Waals surface area contributed by atoms with E-state index in [4.69, 9.17) is 21.7 Å². The quantitative estimate of drug-likeness (QED) is 0.581. The largest absolute Gasteiger partial charge is 0.497 e. The van der Waals surface area contributed by atoms with Crippen molar-refractivity contribution in [2.75, 3.05) is 13.7 Å². The second-order valence-corrected chi connectivity index (χ2v) is 5.01. The van der Waals surface area contributed by atoms with Gasteiger partial charge in [0.15, 0.2) is 6.23 Å². The predicted molar refractivity (Wildman–Crippen MR) is 82.3 cm³/mol. The molecule has 21 heavy (non-hydrogen) atoms. The third-order valence-corrected chi connectivity index (χ3v) is 3.46. The van der Waals surface area contributed by atoms with E-state index in [0.717, 1.165) is 24.3 Å². The monoisotopic (exact) mass is 308 g/mol. The van der Waals surface area contributed by atoms with Gasteiger partial charge < -0.3 is 9.47 Å². The van der Waals surface area contributed by atoms with Crippen LogP contribution in [0, 0.1) is 4.77 Å². The number of tetrazole rings is 1. The minimum absolute atomic E-state index is 0.233. The number of methoxy groups -OCH3 is 1. The van der Waals surface area contributed by atoms with Crippen molar-refractivity contribution in [3.63, 3.8) is 0 Å². The molecule has 2 rings (SSSR count). The Morgan fingerprint density at radius 1 is 1.33 bits per heavy atom. The number of hydrogen-bond donors (Lipinski definition) is 0. The first-order valence-corrected chi connectivity index (χ1v) is 7.38. The fourth-order valence-corrected chi connectivity index (χ4v) is 2.18. The molecule has 0 N–H and O–H groups in total. The Morgan fingerprint density at radius 3 is 2.86 bits per heavy atom. The van der Waals surface area contributed by atoms with Crippen molar-refractivity contribution in [2.24, 2.45) is 0 Å². The molecule has 6 nitrogen and oxygen atoms in total. The molecule has 0 saturated carbocycles. The van der Waals surface area contributed by atoms with Gasteiger partial charge in [-0.1, -0.05) is 19.4 Å². The van der Waals surface area contributed by atoms with E-state index in [1.807, 2.05) is 31.2 Å². The van der Waals surface area contributed by atoms with Gasteiger partial charge in [0.05, 0.1) is 12.8 Å². The molecule has 0 bridgehead atoms. The fraction of sp³-hybridized carbons (Fsp3) is 0.500. The number of aromatic nitrogens is 4. The molecule has 7 heteroatoms. The van der Waals surface area contributed by atoms with Crippen molar-refractivity contribution in [3.05, 3.63) is 29.0 Å². The zero-order valence-electron chi connectivity index (χ0n) is 12.5. The Labute approximate surface area is 129 Å². The third-order valence-electron chi connectivity index (χ3n) is 3.10. The van der Waals surface area contributed by atoms with Gasteiger partial charge in [0.1, 0.15) is 5.75 Å². The van der Waals surface area contributed by atoms with Gasteiger partial charge in [-0.05, 0) is 48.1 Å². The summed E-state index contributed by atoms with van der Waals surface area (Å²) < 4.78 is 14.6. The normalized spacial score (nSPS) is 12.3. The first-order chi connectivity index (χ1) is 10.2.